The maximum Gasteiger partial charge on any atom is 0.253 e. The molecule has 2 heterocycles. The average Bonchev–Trinajstić information content (AvgIpc) is 2.95. The molecule has 0 aliphatic rings. The van der Waals surface area contributed by atoms with Gasteiger partial charge >= 0.3 is 0 Å². The van der Waals surface area contributed by atoms with Crippen LogP contribution >= 0.6 is 0 Å². The highest BCUT2D eigenvalue weighted by Crippen LogP contribution is 2.17. The van der Waals surface area contributed by atoms with Crippen LogP contribution in [0.5, 0.6) is 0 Å². The molecule has 5 heteroatoms. The molecule has 2 aromatic rings. The summed E-state index contributed by atoms with van der Waals surface area (Å²) in [5.41, 5.74) is 1.65. The maximum atomic E-state index is 12.2. The van der Waals surface area contributed by atoms with E-state index in [9.17, 15) is 4.79 Å². The lowest BCUT2D eigenvalue weighted by Gasteiger charge is -2.20. The number of nitrogens with one attached hydrogen (secondary N) is 1. The quantitative estimate of drug-likeness (QED) is 0.934. The van der Waals surface area contributed by atoms with Crippen molar-refractivity contribution in [2.45, 2.75) is 39.3 Å². The van der Waals surface area contributed by atoms with Crippen molar-refractivity contribution in [2.24, 2.45) is 7.05 Å². The third-order valence-corrected chi connectivity index (χ3v) is 3.30. The maximum absolute atomic E-state index is 12.2. The highest BCUT2D eigenvalue weighted by molar-refractivity contribution is 5.94. The number of rotatable bonds is 3. The number of hydrogen-bond acceptors (Lipinski definition) is 2. The predicted molar refractivity (Wildman–Crippen MR) is 78.5 cm³/mol. The van der Waals surface area contributed by atoms with Crippen LogP contribution in [0.25, 0.3) is 0 Å². The third-order valence-electron chi connectivity index (χ3n) is 3.30. The smallest absolute Gasteiger partial charge is 0.253 e. The number of nitrogens with zero attached hydrogens (tertiary/aromatic N) is 3. The van der Waals surface area contributed by atoms with E-state index in [1.807, 2.05) is 43.2 Å². The Morgan fingerprint density at radius 2 is 2.05 bits per heavy atom. The van der Waals surface area contributed by atoms with Gasteiger partial charge in [-0.05, 0) is 33.8 Å². The summed E-state index contributed by atoms with van der Waals surface area (Å²) in [5, 5.41) is 7.10. The molecule has 1 atom stereocenters. The van der Waals surface area contributed by atoms with Gasteiger partial charge in [-0.2, -0.15) is 5.10 Å². The van der Waals surface area contributed by atoms with Crippen molar-refractivity contribution in [3.8, 4) is 0 Å². The molecule has 2 aromatic heterocycles. The Bertz CT molecular complexity index is 603. The topological polar surface area (TPSA) is 51.9 Å². The highest BCUT2D eigenvalue weighted by atomic mass is 16.1. The monoisotopic (exact) mass is 274 g/mol. The molecule has 1 unspecified atom stereocenters. The van der Waals surface area contributed by atoms with Gasteiger partial charge < -0.3 is 9.88 Å². The molecule has 0 aliphatic carbocycles. The van der Waals surface area contributed by atoms with Gasteiger partial charge in [0.15, 0.2) is 0 Å². The molecule has 0 saturated heterocycles. The van der Waals surface area contributed by atoms with Crippen molar-refractivity contribution in [1.29, 1.82) is 0 Å². The number of aromatic nitrogens is 3. The first-order chi connectivity index (χ1) is 9.27. The molecule has 0 bridgehead atoms. The van der Waals surface area contributed by atoms with Crippen molar-refractivity contribution < 1.29 is 4.79 Å². The summed E-state index contributed by atoms with van der Waals surface area (Å²) in [5.74, 6) is -0.0654. The van der Waals surface area contributed by atoms with Gasteiger partial charge in [0.05, 0.1) is 17.8 Å². The summed E-state index contributed by atoms with van der Waals surface area (Å²) in [6, 6.07) is 1.78. The number of amides is 1. The largest absolute Gasteiger partial charge is 0.348 e. The molecule has 108 valence electrons. The van der Waals surface area contributed by atoms with Crippen LogP contribution < -0.4 is 5.32 Å². The minimum Gasteiger partial charge on any atom is -0.348 e. The van der Waals surface area contributed by atoms with Gasteiger partial charge in [0, 0.05) is 36.7 Å². The zero-order valence-electron chi connectivity index (χ0n) is 12.7. The normalized spacial score (nSPS) is 13.2. The minimum atomic E-state index is -0.0654. The highest BCUT2D eigenvalue weighted by Gasteiger charge is 2.17. The average molecular weight is 274 g/mol. The van der Waals surface area contributed by atoms with Crippen molar-refractivity contribution in [2.75, 3.05) is 0 Å². The molecule has 1 N–H and O–H groups in total. The van der Waals surface area contributed by atoms with Gasteiger partial charge in [-0.3, -0.25) is 9.48 Å². The first kappa shape index (κ1) is 14.4. The molecule has 2 rings (SSSR count). The molecule has 0 spiro atoms. The Kier molecular flexibility index (Phi) is 3.70. The van der Waals surface area contributed by atoms with Crippen LogP contribution in [0.2, 0.25) is 0 Å². The van der Waals surface area contributed by atoms with E-state index >= 15 is 0 Å². The summed E-state index contributed by atoms with van der Waals surface area (Å²) in [6.45, 7) is 8.27. The second-order valence-electron chi connectivity index (χ2n) is 6.12. The molecular weight excluding hydrogens is 252 g/mol. The van der Waals surface area contributed by atoms with E-state index in [0.717, 1.165) is 5.56 Å². The number of aryl methyl sites for hydroxylation is 1. The Morgan fingerprint density at radius 3 is 2.55 bits per heavy atom. The molecule has 20 heavy (non-hydrogen) atoms. The van der Waals surface area contributed by atoms with Crippen LogP contribution in [0.4, 0.5) is 0 Å². The summed E-state index contributed by atoms with van der Waals surface area (Å²) >= 11 is 0. The predicted octanol–water partition coefficient (Wildman–Crippen LogP) is 2.47. The molecule has 5 nitrogen and oxygen atoms in total. The minimum absolute atomic E-state index is 0.0203. The van der Waals surface area contributed by atoms with E-state index in [4.69, 9.17) is 0 Å². The molecule has 0 aromatic carbocycles. The zero-order chi connectivity index (χ0) is 14.9. The van der Waals surface area contributed by atoms with Gasteiger partial charge in [0.1, 0.15) is 0 Å². The van der Waals surface area contributed by atoms with E-state index in [1.54, 1.807) is 10.9 Å². The number of carbonyl (C=O) groups excluding carboxylic acids is 1. The molecule has 0 fully saturated rings. The third kappa shape index (κ3) is 3.10. The van der Waals surface area contributed by atoms with Crippen LogP contribution in [0.1, 0.15) is 49.7 Å². The molecule has 0 radical (unpaired) electrons. The van der Waals surface area contributed by atoms with Gasteiger partial charge in [0.2, 0.25) is 0 Å². The first-order valence-electron chi connectivity index (χ1n) is 6.75. The Balaban J connectivity index is 2.07. The number of carbonyl (C=O) groups is 1. The van der Waals surface area contributed by atoms with Crippen molar-refractivity contribution in [3.63, 3.8) is 0 Å². The van der Waals surface area contributed by atoms with Gasteiger partial charge in [-0.15, -0.1) is 0 Å². The van der Waals surface area contributed by atoms with E-state index in [1.165, 1.54) is 0 Å². The summed E-state index contributed by atoms with van der Waals surface area (Å²) in [6.07, 6.45) is 7.49. The molecule has 1 amide bonds. The molecular formula is C15H22N4O. The first-order valence-corrected chi connectivity index (χ1v) is 6.75. The van der Waals surface area contributed by atoms with E-state index < -0.39 is 0 Å². The standard InChI is InChI=1S/C15H22N4O/c1-11(13-8-16-18(5)9-13)17-14(20)12-6-7-19(10-12)15(2,3)4/h6-11H,1-5H3,(H,17,20). The molecule has 0 aliphatic heterocycles. The van der Waals surface area contributed by atoms with E-state index in [2.05, 4.69) is 31.2 Å². The van der Waals surface area contributed by atoms with E-state index in [0.29, 0.717) is 5.56 Å². The fourth-order valence-corrected chi connectivity index (χ4v) is 1.98. The van der Waals surface area contributed by atoms with Crippen LogP contribution in [-0.4, -0.2) is 20.3 Å². The molecule has 0 saturated carbocycles. The fourth-order valence-electron chi connectivity index (χ4n) is 1.98. The SMILES string of the molecule is CC(NC(=O)c1ccn(C(C)(C)C)c1)c1cnn(C)c1. The summed E-state index contributed by atoms with van der Waals surface area (Å²) in [4.78, 5) is 12.2. The zero-order valence-corrected chi connectivity index (χ0v) is 12.7. The van der Waals surface area contributed by atoms with Crippen LogP contribution in [0, 0.1) is 0 Å². The van der Waals surface area contributed by atoms with Crippen molar-refractivity contribution in [1.82, 2.24) is 19.7 Å². The lowest BCUT2D eigenvalue weighted by atomic mass is 10.1. The van der Waals surface area contributed by atoms with Crippen molar-refractivity contribution in [3.05, 3.63) is 42.0 Å². The Hall–Kier alpha value is -2.04. The second kappa shape index (κ2) is 5.15. The second-order valence-corrected chi connectivity index (χ2v) is 6.12. The van der Waals surface area contributed by atoms with Gasteiger partial charge in [0.25, 0.3) is 5.91 Å². The summed E-state index contributed by atoms with van der Waals surface area (Å²) < 4.78 is 3.77. The van der Waals surface area contributed by atoms with Crippen LogP contribution in [-0.2, 0) is 12.6 Å². The van der Waals surface area contributed by atoms with Crippen LogP contribution in [0.3, 0.4) is 0 Å². The Morgan fingerprint density at radius 1 is 1.35 bits per heavy atom. The van der Waals surface area contributed by atoms with E-state index in [-0.39, 0.29) is 17.5 Å². The fraction of sp³-hybridized carbons (Fsp3) is 0.467. The lowest BCUT2D eigenvalue weighted by molar-refractivity contribution is 0.0939. The Labute approximate surface area is 119 Å². The lowest BCUT2D eigenvalue weighted by Crippen LogP contribution is -2.26. The summed E-state index contributed by atoms with van der Waals surface area (Å²) in [7, 11) is 1.86. The van der Waals surface area contributed by atoms with Gasteiger partial charge in [-0.1, -0.05) is 0 Å². The van der Waals surface area contributed by atoms with Crippen LogP contribution in [0.15, 0.2) is 30.9 Å². The van der Waals surface area contributed by atoms with Crippen molar-refractivity contribution >= 4 is 5.91 Å². The van der Waals surface area contributed by atoms with Gasteiger partial charge in [-0.25, -0.2) is 0 Å². The number of hydrogen-bond donors (Lipinski definition) is 1.